The molecule has 2 atom stereocenters. The third-order valence-electron chi connectivity index (χ3n) is 3.81. The number of halogens is 1. The van der Waals surface area contributed by atoms with Crippen LogP contribution in [0.15, 0.2) is 22.7 Å². The van der Waals surface area contributed by atoms with Crippen molar-refractivity contribution in [1.82, 2.24) is 5.32 Å². The van der Waals surface area contributed by atoms with Crippen molar-refractivity contribution in [2.45, 2.75) is 57.6 Å². The summed E-state index contributed by atoms with van der Waals surface area (Å²) in [6.45, 7) is 5.24. The molecule has 1 aromatic carbocycles. The molecule has 126 valence electrons. The Morgan fingerprint density at radius 1 is 1.39 bits per heavy atom. The molecule has 2 N–H and O–H groups in total. The van der Waals surface area contributed by atoms with Gasteiger partial charge in [0.05, 0.1) is 0 Å². The fourth-order valence-corrected chi connectivity index (χ4v) is 3.30. The van der Waals surface area contributed by atoms with Gasteiger partial charge in [0.25, 0.3) is 0 Å². The summed E-state index contributed by atoms with van der Waals surface area (Å²) in [6, 6.07) is 4.92. The van der Waals surface area contributed by atoms with Crippen LogP contribution in [0.1, 0.15) is 50.7 Å². The Kier molecular flexibility index (Phi) is 5.34. The van der Waals surface area contributed by atoms with E-state index in [0.717, 1.165) is 34.9 Å². The fraction of sp³-hybridized carbons (Fsp3) is 0.529. The minimum Gasteiger partial charge on any atom is -0.480 e. The molecule has 1 aliphatic rings. The number of aryl methyl sites for hydroxylation is 1. The lowest BCUT2D eigenvalue weighted by atomic mass is 9.79. The number of fused-ring (bicyclic) bond motifs is 1. The SMILES string of the molecule is CC(C)(C)OC(=O)N[C@H](C(=O)O)[C@H]1CCCc2ccc(Br)cc21. The van der Waals surface area contributed by atoms with Crippen molar-refractivity contribution in [2.24, 2.45) is 0 Å². The maximum absolute atomic E-state index is 12.0. The molecule has 1 amide bonds. The highest BCUT2D eigenvalue weighted by Gasteiger charge is 2.35. The van der Waals surface area contributed by atoms with Gasteiger partial charge in [-0.15, -0.1) is 0 Å². The monoisotopic (exact) mass is 383 g/mol. The quantitative estimate of drug-likeness (QED) is 0.830. The van der Waals surface area contributed by atoms with Gasteiger partial charge in [0.1, 0.15) is 11.6 Å². The summed E-state index contributed by atoms with van der Waals surface area (Å²) in [4.78, 5) is 23.7. The molecule has 1 aliphatic carbocycles. The molecule has 0 fully saturated rings. The number of aliphatic carboxylic acids is 1. The lowest BCUT2D eigenvalue weighted by Crippen LogP contribution is -2.47. The van der Waals surface area contributed by atoms with Gasteiger partial charge in [0, 0.05) is 10.4 Å². The van der Waals surface area contributed by atoms with Gasteiger partial charge in [-0.1, -0.05) is 22.0 Å². The van der Waals surface area contributed by atoms with Crippen LogP contribution in [-0.4, -0.2) is 28.8 Å². The smallest absolute Gasteiger partial charge is 0.408 e. The Balaban J connectivity index is 2.24. The zero-order valence-electron chi connectivity index (χ0n) is 13.6. The van der Waals surface area contributed by atoms with E-state index >= 15 is 0 Å². The summed E-state index contributed by atoms with van der Waals surface area (Å²) in [5.41, 5.74) is 1.46. The Labute approximate surface area is 144 Å². The van der Waals surface area contributed by atoms with Gasteiger partial charge >= 0.3 is 12.1 Å². The van der Waals surface area contributed by atoms with Crippen molar-refractivity contribution in [2.75, 3.05) is 0 Å². The number of ether oxygens (including phenoxy) is 1. The van der Waals surface area contributed by atoms with Crippen molar-refractivity contribution in [3.8, 4) is 0 Å². The molecular weight excluding hydrogens is 362 g/mol. The number of carbonyl (C=O) groups excluding carboxylic acids is 1. The van der Waals surface area contributed by atoms with Crippen LogP contribution in [0.3, 0.4) is 0 Å². The molecule has 0 heterocycles. The zero-order valence-corrected chi connectivity index (χ0v) is 15.1. The van der Waals surface area contributed by atoms with Crippen LogP contribution in [0, 0.1) is 0 Å². The Bertz CT molecular complexity index is 609. The van der Waals surface area contributed by atoms with Crippen LogP contribution >= 0.6 is 15.9 Å². The van der Waals surface area contributed by atoms with Crippen LogP contribution in [-0.2, 0) is 16.0 Å². The van der Waals surface area contributed by atoms with Crippen LogP contribution in [0.2, 0.25) is 0 Å². The highest BCUT2D eigenvalue weighted by molar-refractivity contribution is 9.10. The number of benzene rings is 1. The average molecular weight is 384 g/mol. The first kappa shape index (κ1) is 17.8. The highest BCUT2D eigenvalue weighted by Crippen LogP contribution is 2.36. The van der Waals surface area contributed by atoms with E-state index in [0.29, 0.717) is 0 Å². The lowest BCUT2D eigenvalue weighted by molar-refractivity contribution is -0.140. The van der Waals surface area contributed by atoms with Crippen molar-refractivity contribution >= 4 is 28.0 Å². The molecule has 0 bridgehead atoms. The minimum atomic E-state index is -1.05. The first-order valence-electron chi connectivity index (χ1n) is 7.68. The number of carboxylic acid groups (broad SMARTS) is 1. The molecule has 6 heteroatoms. The van der Waals surface area contributed by atoms with E-state index in [9.17, 15) is 14.7 Å². The van der Waals surface area contributed by atoms with Crippen molar-refractivity contribution in [1.29, 1.82) is 0 Å². The van der Waals surface area contributed by atoms with Gasteiger partial charge in [-0.3, -0.25) is 0 Å². The molecule has 1 aromatic rings. The second-order valence-corrected chi connectivity index (χ2v) is 7.72. The summed E-state index contributed by atoms with van der Waals surface area (Å²) in [6.07, 6.45) is 1.85. The number of carboxylic acids is 1. The molecule has 0 saturated carbocycles. The van der Waals surface area contributed by atoms with Crippen LogP contribution in [0.25, 0.3) is 0 Å². The van der Waals surface area contributed by atoms with Crippen molar-refractivity contribution < 1.29 is 19.4 Å². The lowest BCUT2D eigenvalue weighted by Gasteiger charge is -2.31. The molecular formula is C17H22BrNO4. The first-order valence-corrected chi connectivity index (χ1v) is 8.47. The highest BCUT2D eigenvalue weighted by atomic mass is 79.9. The predicted molar refractivity (Wildman–Crippen MR) is 90.6 cm³/mol. The standard InChI is InChI=1S/C17H22BrNO4/c1-17(2,3)23-16(22)19-14(15(20)21)12-6-4-5-10-7-8-11(18)9-13(10)12/h7-9,12,14H,4-6H2,1-3H3,(H,19,22)(H,20,21)/t12-,14-/m0/s1. The van der Waals surface area contributed by atoms with Crippen LogP contribution in [0.5, 0.6) is 0 Å². The van der Waals surface area contributed by atoms with E-state index in [1.54, 1.807) is 20.8 Å². The molecule has 0 saturated heterocycles. The first-order chi connectivity index (χ1) is 10.7. The summed E-state index contributed by atoms with van der Waals surface area (Å²) in [7, 11) is 0. The number of rotatable bonds is 3. The van der Waals surface area contributed by atoms with Gasteiger partial charge in [-0.25, -0.2) is 9.59 Å². The van der Waals surface area contributed by atoms with E-state index in [1.807, 2.05) is 18.2 Å². The van der Waals surface area contributed by atoms with Crippen molar-refractivity contribution in [3.05, 3.63) is 33.8 Å². The molecule has 2 rings (SSSR count). The van der Waals surface area contributed by atoms with Gasteiger partial charge in [-0.2, -0.15) is 0 Å². The third-order valence-corrected chi connectivity index (χ3v) is 4.30. The maximum Gasteiger partial charge on any atom is 0.408 e. The second-order valence-electron chi connectivity index (χ2n) is 6.80. The topological polar surface area (TPSA) is 75.6 Å². The van der Waals surface area contributed by atoms with Crippen LogP contribution in [0.4, 0.5) is 4.79 Å². The number of hydrogen-bond donors (Lipinski definition) is 2. The molecule has 5 nitrogen and oxygen atoms in total. The van der Waals surface area contributed by atoms with Gasteiger partial charge in [0.2, 0.25) is 0 Å². The molecule has 0 spiro atoms. The number of nitrogens with one attached hydrogen (secondary N) is 1. The molecule has 23 heavy (non-hydrogen) atoms. The average Bonchev–Trinajstić information content (AvgIpc) is 2.42. The van der Waals surface area contributed by atoms with E-state index in [-0.39, 0.29) is 5.92 Å². The molecule has 0 aliphatic heterocycles. The summed E-state index contributed by atoms with van der Waals surface area (Å²) in [5, 5.41) is 12.1. The van der Waals surface area contributed by atoms with Crippen molar-refractivity contribution in [3.63, 3.8) is 0 Å². The van der Waals surface area contributed by atoms with E-state index < -0.39 is 23.7 Å². The van der Waals surface area contributed by atoms with E-state index in [1.165, 1.54) is 0 Å². The van der Waals surface area contributed by atoms with Gasteiger partial charge in [-0.05, 0) is 63.3 Å². The van der Waals surface area contributed by atoms with E-state index in [2.05, 4.69) is 21.2 Å². The molecule has 0 aromatic heterocycles. The minimum absolute atomic E-state index is 0.263. The Morgan fingerprint density at radius 2 is 2.09 bits per heavy atom. The largest absolute Gasteiger partial charge is 0.480 e. The Morgan fingerprint density at radius 3 is 2.70 bits per heavy atom. The molecule has 0 unspecified atom stereocenters. The number of carbonyl (C=O) groups is 2. The number of hydrogen-bond acceptors (Lipinski definition) is 3. The number of alkyl carbamates (subject to hydrolysis) is 1. The maximum atomic E-state index is 12.0. The number of amides is 1. The summed E-state index contributed by atoms with van der Waals surface area (Å²) < 4.78 is 6.11. The normalized spacial score (nSPS) is 18.7. The summed E-state index contributed by atoms with van der Waals surface area (Å²) in [5.74, 6) is -1.31. The predicted octanol–water partition coefficient (Wildman–Crippen LogP) is 3.85. The second kappa shape index (κ2) is 6.91. The Hall–Kier alpha value is -1.56. The molecule has 0 radical (unpaired) electrons. The van der Waals surface area contributed by atoms with Gasteiger partial charge < -0.3 is 15.2 Å². The summed E-state index contributed by atoms with van der Waals surface area (Å²) >= 11 is 3.44. The zero-order chi connectivity index (χ0) is 17.2. The van der Waals surface area contributed by atoms with E-state index in [4.69, 9.17) is 4.74 Å². The fourth-order valence-electron chi connectivity index (χ4n) is 2.92. The third kappa shape index (κ3) is 4.70. The van der Waals surface area contributed by atoms with Crippen LogP contribution < -0.4 is 5.32 Å². The van der Waals surface area contributed by atoms with Gasteiger partial charge in [0.15, 0.2) is 0 Å².